The number of aliphatic carboxylic acids is 1. The standard InChI is InChI=1S/C10H16O3/c1-2-3-4-5-8(10(11)12)6-9-7-13-9/h5,9H,2-4,6-7H2,1H3,(H,11,12)/b8-5-. The van der Waals surface area contributed by atoms with E-state index in [1.807, 2.05) is 6.08 Å². The van der Waals surface area contributed by atoms with Crippen molar-refractivity contribution in [1.82, 2.24) is 0 Å². The zero-order valence-electron chi connectivity index (χ0n) is 7.95. The highest BCUT2D eigenvalue weighted by Crippen LogP contribution is 2.19. The van der Waals surface area contributed by atoms with Gasteiger partial charge in [0.05, 0.1) is 12.7 Å². The Morgan fingerprint density at radius 3 is 2.85 bits per heavy atom. The second kappa shape index (κ2) is 5.02. The minimum Gasteiger partial charge on any atom is -0.478 e. The average Bonchev–Trinajstić information content (AvgIpc) is 2.86. The molecule has 0 amide bonds. The van der Waals surface area contributed by atoms with E-state index in [2.05, 4.69) is 6.92 Å². The van der Waals surface area contributed by atoms with Gasteiger partial charge in [-0.15, -0.1) is 0 Å². The third kappa shape index (κ3) is 4.08. The lowest BCUT2D eigenvalue weighted by molar-refractivity contribution is -0.132. The van der Waals surface area contributed by atoms with E-state index in [1.54, 1.807) is 0 Å². The van der Waals surface area contributed by atoms with Crippen molar-refractivity contribution in [1.29, 1.82) is 0 Å². The quantitative estimate of drug-likeness (QED) is 0.390. The summed E-state index contributed by atoms with van der Waals surface area (Å²) < 4.78 is 4.99. The van der Waals surface area contributed by atoms with Gasteiger partial charge in [0.1, 0.15) is 0 Å². The van der Waals surface area contributed by atoms with Crippen LogP contribution in [-0.2, 0) is 9.53 Å². The van der Waals surface area contributed by atoms with Gasteiger partial charge in [-0.3, -0.25) is 0 Å². The number of hydrogen-bond acceptors (Lipinski definition) is 2. The zero-order valence-corrected chi connectivity index (χ0v) is 7.95. The molecular formula is C10H16O3. The third-order valence-corrected chi connectivity index (χ3v) is 2.07. The first kappa shape index (κ1) is 10.3. The first-order chi connectivity index (χ1) is 6.24. The topological polar surface area (TPSA) is 49.8 Å². The van der Waals surface area contributed by atoms with Gasteiger partial charge >= 0.3 is 5.97 Å². The molecule has 1 unspecified atom stereocenters. The van der Waals surface area contributed by atoms with Crippen LogP contribution in [0.15, 0.2) is 11.6 Å². The van der Waals surface area contributed by atoms with E-state index in [0.29, 0.717) is 12.0 Å². The Balaban J connectivity index is 2.34. The van der Waals surface area contributed by atoms with Gasteiger partial charge in [-0.1, -0.05) is 25.8 Å². The molecule has 0 aromatic carbocycles. The summed E-state index contributed by atoms with van der Waals surface area (Å²) in [6.07, 6.45) is 5.59. The maximum absolute atomic E-state index is 10.7. The second-order valence-electron chi connectivity index (χ2n) is 3.34. The van der Waals surface area contributed by atoms with E-state index in [-0.39, 0.29) is 6.10 Å². The summed E-state index contributed by atoms with van der Waals surface area (Å²) in [5, 5.41) is 8.83. The molecule has 1 rings (SSSR count). The molecule has 1 atom stereocenters. The first-order valence-corrected chi connectivity index (χ1v) is 4.78. The number of carboxylic acids is 1. The normalized spacial score (nSPS) is 21.6. The number of ether oxygens (including phenoxy) is 1. The highest BCUT2D eigenvalue weighted by molar-refractivity contribution is 5.86. The Kier molecular flexibility index (Phi) is 3.96. The summed E-state index contributed by atoms with van der Waals surface area (Å²) >= 11 is 0. The van der Waals surface area contributed by atoms with Crippen LogP contribution in [0.3, 0.4) is 0 Å². The molecule has 0 aromatic rings. The van der Waals surface area contributed by atoms with E-state index >= 15 is 0 Å². The highest BCUT2D eigenvalue weighted by atomic mass is 16.6. The van der Waals surface area contributed by atoms with Gasteiger partial charge in [0.15, 0.2) is 0 Å². The van der Waals surface area contributed by atoms with Crippen molar-refractivity contribution < 1.29 is 14.6 Å². The van der Waals surface area contributed by atoms with Crippen molar-refractivity contribution in [3.8, 4) is 0 Å². The molecule has 0 aromatic heterocycles. The zero-order chi connectivity index (χ0) is 9.68. The van der Waals surface area contributed by atoms with Crippen molar-refractivity contribution in [2.45, 2.75) is 38.7 Å². The number of epoxide rings is 1. The van der Waals surface area contributed by atoms with Crippen LogP contribution in [0, 0.1) is 0 Å². The minimum absolute atomic E-state index is 0.170. The van der Waals surface area contributed by atoms with Crippen LogP contribution in [0.25, 0.3) is 0 Å². The summed E-state index contributed by atoms with van der Waals surface area (Å²) in [7, 11) is 0. The fourth-order valence-electron chi connectivity index (χ4n) is 1.17. The monoisotopic (exact) mass is 184 g/mol. The number of unbranched alkanes of at least 4 members (excludes halogenated alkanes) is 2. The summed E-state index contributed by atoms with van der Waals surface area (Å²) in [6, 6.07) is 0. The Labute approximate surface area is 78.4 Å². The Morgan fingerprint density at radius 2 is 2.38 bits per heavy atom. The summed E-state index contributed by atoms with van der Waals surface area (Å²) in [4.78, 5) is 10.7. The molecule has 3 nitrogen and oxygen atoms in total. The van der Waals surface area contributed by atoms with Crippen LogP contribution in [-0.4, -0.2) is 23.8 Å². The molecular weight excluding hydrogens is 168 g/mol. The summed E-state index contributed by atoms with van der Waals surface area (Å²) in [5.41, 5.74) is 0.510. The molecule has 0 bridgehead atoms. The molecule has 0 saturated carbocycles. The highest BCUT2D eigenvalue weighted by Gasteiger charge is 2.25. The van der Waals surface area contributed by atoms with Gasteiger partial charge in [-0.05, 0) is 6.42 Å². The molecule has 0 radical (unpaired) electrons. The molecule has 1 saturated heterocycles. The molecule has 0 spiro atoms. The van der Waals surface area contributed by atoms with Gasteiger partial charge in [-0.25, -0.2) is 4.79 Å². The Bertz CT molecular complexity index is 204. The molecule has 0 aliphatic carbocycles. The largest absolute Gasteiger partial charge is 0.478 e. The van der Waals surface area contributed by atoms with E-state index in [4.69, 9.17) is 9.84 Å². The fraction of sp³-hybridized carbons (Fsp3) is 0.700. The summed E-state index contributed by atoms with van der Waals surface area (Å²) in [6.45, 7) is 2.82. The fourth-order valence-corrected chi connectivity index (χ4v) is 1.17. The van der Waals surface area contributed by atoms with Crippen LogP contribution >= 0.6 is 0 Å². The van der Waals surface area contributed by atoms with Crippen LogP contribution < -0.4 is 0 Å². The molecule has 1 N–H and O–H groups in total. The van der Waals surface area contributed by atoms with Gasteiger partial charge < -0.3 is 9.84 Å². The number of hydrogen-bond donors (Lipinski definition) is 1. The number of rotatable bonds is 6. The van der Waals surface area contributed by atoms with Crippen molar-refractivity contribution in [3.05, 3.63) is 11.6 Å². The van der Waals surface area contributed by atoms with E-state index in [1.165, 1.54) is 0 Å². The average molecular weight is 184 g/mol. The first-order valence-electron chi connectivity index (χ1n) is 4.78. The maximum atomic E-state index is 10.7. The number of carbonyl (C=O) groups is 1. The van der Waals surface area contributed by atoms with Gasteiger partial charge in [0, 0.05) is 12.0 Å². The smallest absolute Gasteiger partial charge is 0.331 e. The Morgan fingerprint density at radius 1 is 1.69 bits per heavy atom. The Hall–Kier alpha value is -0.830. The van der Waals surface area contributed by atoms with Gasteiger partial charge in [0.25, 0.3) is 0 Å². The second-order valence-corrected chi connectivity index (χ2v) is 3.34. The SMILES string of the molecule is CCCC/C=C(/CC1CO1)C(=O)O. The number of carboxylic acid groups (broad SMARTS) is 1. The number of allylic oxidation sites excluding steroid dienone is 1. The summed E-state index contributed by atoms with van der Waals surface area (Å²) in [5.74, 6) is -0.799. The molecule has 1 heterocycles. The van der Waals surface area contributed by atoms with Crippen LogP contribution in [0.5, 0.6) is 0 Å². The molecule has 1 aliphatic rings. The molecule has 13 heavy (non-hydrogen) atoms. The van der Waals surface area contributed by atoms with Crippen molar-refractivity contribution >= 4 is 5.97 Å². The van der Waals surface area contributed by atoms with Gasteiger partial charge in [0.2, 0.25) is 0 Å². The molecule has 3 heteroatoms. The molecule has 74 valence electrons. The third-order valence-electron chi connectivity index (χ3n) is 2.07. The van der Waals surface area contributed by atoms with Gasteiger partial charge in [-0.2, -0.15) is 0 Å². The van der Waals surface area contributed by atoms with E-state index in [0.717, 1.165) is 25.9 Å². The minimum atomic E-state index is -0.799. The predicted octanol–water partition coefficient (Wildman–Crippen LogP) is 1.98. The van der Waals surface area contributed by atoms with Crippen molar-refractivity contribution in [2.75, 3.05) is 6.61 Å². The lowest BCUT2D eigenvalue weighted by Crippen LogP contribution is -2.03. The van der Waals surface area contributed by atoms with Crippen molar-refractivity contribution in [3.63, 3.8) is 0 Å². The maximum Gasteiger partial charge on any atom is 0.331 e. The van der Waals surface area contributed by atoms with Crippen LogP contribution in [0.4, 0.5) is 0 Å². The lowest BCUT2D eigenvalue weighted by Gasteiger charge is -1.98. The molecule has 1 aliphatic heterocycles. The van der Waals surface area contributed by atoms with Crippen LogP contribution in [0.1, 0.15) is 32.6 Å². The van der Waals surface area contributed by atoms with Crippen LogP contribution in [0.2, 0.25) is 0 Å². The lowest BCUT2D eigenvalue weighted by atomic mass is 10.1. The van der Waals surface area contributed by atoms with Crippen molar-refractivity contribution in [2.24, 2.45) is 0 Å². The van der Waals surface area contributed by atoms with E-state index < -0.39 is 5.97 Å². The molecule has 1 fully saturated rings. The predicted molar refractivity (Wildman–Crippen MR) is 49.6 cm³/mol. The van der Waals surface area contributed by atoms with E-state index in [9.17, 15) is 4.79 Å².